The van der Waals surface area contributed by atoms with Crippen molar-refractivity contribution in [2.45, 2.75) is 18.8 Å². The fourth-order valence-electron chi connectivity index (χ4n) is 3.05. The second-order valence-electron chi connectivity index (χ2n) is 5.44. The summed E-state index contributed by atoms with van der Waals surface area (Å²) in [6, 6.07) is 12.1. The average molecular weight is 279 g/mol. The predicted octanol–water partition coefficient (Wildman–Crippen LogP) is 2.51. The van der Waals surface area contributed by atoms with Crippen molar-refractivity contribution < 1.29 is 0 Å². The molecule has 0 unspecified atom stereocenters. The molecule has 0 bridgehead atoms. The first-order valence-corrected chi connectivity index (χ1v) is 7.37. The molecule has 3 aromatic heterocycles. The molecule has 106 valence electrons. The van der Waals surface area contributed by atoms with E-state index in [9.17, 15) is 0 Å². The molecule has 0 aromatic carbocycles. The van der Waals surface area contributed by atoms with E-state index in [2.05, 4.69) is 36.7 Å². The molecule has 1 saturated heterocycles. The van der Waals surface area contributed by atoms with Gasteiger partial charge < -0.3 is 4.90 Å². The summed E-state index contributed by atoms with van der Waals surface area (Å²) in [6.45, 7) is 2.03. The molecule has 1 fully saturated rings. The number of rotatable bonds is 2. The Bertz CT molecular complexity index is 729. The van der Waals surface area contributed by atoms with Crippen LogP contribution in [0.15, 0.2) is 48.8 Å². The summed E-state index contributed by atoms with van der Waals surface area (Å²) in [6.07, 6.45) is 6.09. The fraction of sp³-hybridized carbons (Fsp3) is 0.312. The van der Waals surface area contributed by atoms with Crippen LogP contribution in [0.5, 0.6) is 0 Å². The van der Waals surface area contributed by atoms with E-state index >= 15 is 0 Å². The van der Waals surface area contributed by atoms with Crippen molar-refractivity contribution in [2.24, 2.45) is 0 Å². The zero-order valence-corrected chi connectivity index (χ0v) is 11.8. The zero-order chi connectivity index (χ0) is 14.1. The Morgan fingerprint density at radius 3 is 2.62 bits per heavy atom. The summed E-state index contributed by atoms with van der Waals surface area (Å²) in [7, 11) is 0. The van der Waals surface area contributed by atoms with Gasteiger partial charge >= 0.3 is 0 Å². The number of piperidine rings is 1. The quantitative estimate of drug-likeness (QED) is 0.723. The van der Waals surface area contributed by atoms with Crippen LogP contribution in [-0.2, 0) is 0 Å². The first kappa shape index (κ1) is 12.3. The molecular formula is C16H17N5. The Balaban J connectivity index is 1.53. The lowest BCUT2D eigenvalue weighted by atomic mass is 9.96. The summed E-state index contributed by atoms with van der Waals surface area (Å²) in [4.78, 5) is 6.78. The van der Waals surface area contributed by atoms with Gasteiger partial charge in [0.1, 0.15) is 11.6 Å². The van der Waals surface area contributed by atoms with E-state index in [0.29, 0.717) is 5.92 Å². The molecule has 0 atom stereocenters. The molecule has 0 aliphatic carbocycles. The summed E-state index contributed by atoms with van der Waals surface area (Å²) in [5.74, 6) is 2.63. The highest BCUT2D eigenvalue weighted by molar-refractivity contribution is 5.40. The van der Waals surface area contributed by atoms with Crippen LogP contribution in [0.25, 0.3) is 5.65 Å². The SMILES string of the molecule is c1ccc(N2CCC(c3nnc4ccccn34)CC2)nc1. The lowest BCUT2D eigenvalue weighted by Crippen LogP contribution is -2.33. The minimum absolute atomic E-state index is 0.474. The van der Waals surface area contributed by atoms with Gasteiger partial charge in [-0.05, 0) is 37.1 Å². The lowest BCUT2D eigenvalue weighted by Gasteiger charge is -2.32. The number of anilines is 1. The van der Waals surface area contributed by atoms with Gasteiger partial charge in [-0.25, -0.2) is 4.98 Å². The van der Waals surface area contributed by atoms with Gasteiger partial charge in [-0.2, -0.15) is 0 Å². The lowest BCUT2D eigenvalue weighted by molar-refractivity contribution is 0.480. The van der Waals surface area contributed by atoms with Crippen molar-refractivity contribution in [3.05, 3.63) is 54.6 Å². The molecule has 4 heterocycles. The highest BCUT2D eigenvalue weighted by atomic mass is 15.3. The van der Waals surface area contributed by atoms with Crippen molar-refractivity contribution in [1.29, 1.82) is 0 Å². The highest BCUT2D eigenvalue weighted by Gasteiger charge is 2.24. The molecular weight excluding hydrogens is 262 g/mol. The molecule has 1 aliphatic rings. The topological polar surface area (TPSA) is 46.3 Å². The number of pyridine rings is 2. The highest BCUT2D eigenvalue weighted by Crippen LogP contribution is 2.28. The molecule has 0 amide bonds. The Morgan fingerprint density at radius 1 is 0.952 bits per heavy atom. The second kappa shape index (κ2) is 5.16. The van der Waals surface area contributed by atoms with Gasteiger partial charge in [0.2, 0.25) is 0 Å². The van der Waals surface area contributed by atoms with Gasteiger partial charge in [0.15, 0.2) is 5.65 Å². The Morgan fingerprint density at radius 2 is 1.81 bits per heavy atom. The van der Waals surface area contributed by atoms with Crippen LogP contribution >= 0.6 is 0 Å². The van der Waals surface area contributed by atoms with Gasteiger partial charge in [0.05, 0.1) is 0 Å². The number of fused-ring (bicyclic) bond motifs is 1. The first-order chi connectivity index (χ1) is 10.4. The normalized spacial score (nSPS) is 16.5. The standard InChI is InChI=1S/C16H17N5/c1-3-9-17-14(5-1)20-11-7-13(8-12-20)16-19-18-15-6-2-4-10-21(15)16/h1-6,9-10,13H,7-8,11-12H2. The van der Waals surface area contributed by atoms with Crippen molar-refractivity contribution >= 4 is 11.5 Å². The van der Waals surface area contributed by atoms with Gasteiger partial charge in [-0.1, -0.05) is 12.1 Å². The molecule has 0 radical (unpaired) electrons. The molecule has 0 spiro atoms. The maximum Gasteiger partial charge on any atom is 0.160 e. The maximum absolute atomic E-state index is 4.43. The van der Waals surface area contributed by atoms with Crippen molar-refractivity contribution in [3.8, 4) is 0 Å². The van der Waals surface area contributed by atoms with E-state index in [0.717, 1.165) is 43.2 Å². The number of hydrogen-bond acceptors (Lipinski definition) is 4. The van der Waals surface area contributed by atoms with E-state index in [-0.39, 0.29) is 0 Å². The minimum Gasteiger partial charge on any atom is -0.357 e. The number of hydrogen-bond donors (Lipinski definition) is 0. The molecule has 1 aliphatic heterocycles. The van der Waals surface area contributed by atoms with E-state index in [4.69, 9.17) is 0 Å². The fourth-order valence-corrected chi connectivity index (χ4v) is 3.05. The summed E-state index contributed by atoms with van der Waals surface area (Å²) in [5, 5.41) is 8.65. The van der Waals surface area contributed by atoms with Crippen molar-refractivity contribution in [2.75, 3.05) is 18.0 Å². The average Bonchev–Trinajstić information content (AvgIpc) is 3.00. The minimum atomic E-state index is 0.474. The third-order valence-electron chi connectivity index (χ3n) is 4.17. The summed E-state index contributed by atoms with van der Waals surface area (Å²) in [5.41, 5.74) is 0.930. The summed E-state index contributed by atoms with van der Waals surface area (Å²) >= 11 is 0. The Hall–Kier alpha value is -2.43. The van der Waals surface area contributed by atoms with Crippen LogP contribution in [0.4, 0.5) is 5.82 Å². The van der Waals surface area contributed by atoms with Crippen LogP contribution in [0.3, 0.4) is 0 Å². The smallest absolute Gasteiger partial charge is 0.160 e. The number of aromatic nitrogens is 4. The van der Waals surface area contributed by atoms with E-state index in [1.165, 1.54) is 0 Å². The molecule has 4 rings (SSSR count). The first-order valence-electron chi connectivity index (χ1n) is 7.37. The molecule has 0 saturated carbocycles. The third-order valence-corrected chi connectivity index (χ3v) is 4.17. The van der Waals surface area contributed by atoms with Gasteiger partial charge in [-0.3, -0.25) is 4.40 Å². The number of nitrogens with zero attached hydrogens (tertiary/aromatic N) is 5. The monoisotopic (exact) mass is 279 g/mol. The van der Waals surface area contributed by atoms with Crippen molar-refractivity contribution in [1.82, 2.24) is 19.6 Å². The predicted molar refractivity (Wildman–Crippen MR) is 81.4 cm³/mol. The van der Waals surface area contributed by atoms with E-state index < -0.39 is 0 Å². The van der Waals surface area contributed by atoms with Crippen LogP contribution in [0.2, 0.25) is 0 Å². The van der Waals surface area contributed by atoms with E-state index in [1.807, 2.05) is 36.5 Å². The molecule has 3 aromatic rings. The molecule has 5 heteroatoms. The largest absolute Gasteiger partial charge is 0.357 e. The van der Waals surface area contributed by atoms with Crippen molar-refractivity contribution in [3.63, 3.8) is 0 Å². The molecule has 5 nitrogen and oxygen atoms in total. The van der Waals surface area contributed by atoms with Crippen LogP contribution < -0.4 is 4.90 Å². The molecule has 0 N–H and O–H groups in total. The molecule has 21 heavy (non-hydrogen) atoms. The van der Waals surface area contributed by atoms with E-state index in [1.54, 1.807) is 0 Å². The maximum atomic E-state index is 4.43. The summed E-state index contributed by atoms with van der Waals surface area (Å²) < 4.78 is 2.11. The zero-order valence-electron chi connectivity index (χ0n) is 11.8. The Kier molecular flexibility index (Phi) is 3.03. The van der Waals surface area contributed by atoms with Gasteiger partial charge in [0.25, 0.3) is 0 Å². The van der Waals surface area contributed by atoms with Crippen LogP contribution in [0, 0.1) is 0 Å². The Labute approximate surface area is 123 Å². The van der Waals surface area contributed by atoms with Gasteiger partial charge in [0, 0.05) is 31.4 Å². The van der Waals surface area contributed by atoms with Gasteiger partial charge in [-0.15, -0.1) is 10.2 Å². The third kappa shape index (κ3) is 2.24. The van der Waals surface area contributed by atoms with Crippen LogP contribution in [-0.4, -0.2) is 32.7 Å². The van der Waals surface area contributed by atoms with Crippen LogP contribution in [0.1, 0.15) is 24.6 Å². The second-order valence-corrected chi connectivity index (χ2v) is 5.44.